The molecule has 16 heteroatoms. The molecule has 2 heterocycles. The first-order chi connectivity index (χ1) is 32.4. The molecule has 2 amide bonds. The summed E-state index contributed by atoms with van der Waals surface area (Å²) in [7, 11) is 3.04. The van der Waals surface area contributed by atoms with Gasteiger partial charge in [-0.15, -0.1) is 6.58 Å². The highest BCUT2D eigenvalue weighted by Gasteiger charge is 2.66. The van der Waals surface area contributed by atoms with E-state index in [4.69, 9.17) is 47.9 Å². The Morgan fingerprint density at radius 2 is 1.69 bits per heavy atom. The SMILES string of the molecule is C=CCO[C@@]12Oc3ccc(OC(=O)Nc4ccc(OC)cc4OC)cc3[C@H]3[C@H](CCCCO)[C@@H](CCCCO)C=C(C(=NOC(C)(C)C)C[C@@H]1N(Cc1ccc4c(c1)OCO4)C(=O)OCC)[C@H]32. The fraction of sp³-hybridized carbons (Fsp3) is 0.510. The molecule has 3 aromatic carbocycles. The van der Waals surface area contributed by atoms with E-state index in [1.165, 1.54) is 7.11 Å². The van der Waals surface area contributed by atoms with Gasteiger partial charge in [-0.1, -0.05) is 36.2 Å². The lowest BCUT2D eigenvalue weighted by molar-refractivity contribution is -0.256. The predicted molar refractivity (Wildman–Crippen MR) is 250 cm³/mol. The minimum Gasteiger partial charge on any atom is -0.497 e. The monoisotopic (exact) mass is 927 g/mol. The zero-order valence-electron chi connectivity index (χ0n) is 39.4. The standard InChI is InChI=1S/C51H65N3O13/c1-8-24-64-51-45(54(49(58)61-9-2)30-32-16-20-42-44(25-32)63-31-62-42)29-40(53-67-50(3,4)5)37-26-33(14-10-12-22-55)36(15-11-13-23-56)46(47(37)51)38-27-35(18-21-41(38)66-51)65-48(57)52-39-19-17-34(59-6)28-43(39)60-7/h8,16-21,25-28,33,36,45-47,55-56H,1,9-15,22-24,29-31H2,2-7H3,(H,52,57)/t33-,36+,45-,46+,47+,51+/m0/s1. The number of nitrogens with zero attached hydrogens (tertiary/aromatic N) is 2. The number of hydrogen-bond acceptors (Lipinski definition) is 14. The van der Waals surface area contributed by atoms with E-state index < -0.39 is 35.5 Å². The molecule has 3 N–H and O–H groups in total. The van der Waals surface area contributed by atoms with Crippen molar-refractivity contribution in [3.05, 3.63) is 90.0 Å². The van der Waals surface area contributed by atoms with Crippen LogP contribution in [0.3, 0.4) is 0 Å². The largest absolute Gasteiger partial charge is 0.497 e. The summed E-state index contributed by atoms with van der Waals surface area (Å²) < 4.78 is 48.5. The van der Waals surface area contributed by atoms with Gasteiger partial charge in [-0.2, -0.15) is 0 Å². The second-order valence-electron chi connectivity index (χ2n) is 18.1. The Bertz CT molecular complexity index is 2290. The van der Waals surface area contributed by atoms with Crippen LogP contribution in [0.1, 0.15) is 89.7 Å². The highest BCUT2D eigenvalue weighted by atomic mass is 16.7. The lowest BCUT2D eigenvalue weighted by Crippen LogP contribution is -2.70. The van der Waals surface area contributed by atoms with Crippen LogP contribution in [0.4, 0.5) is 15.3 Å². The van der Waals surface area contributed by atoms with E-state index in [0.29, 0.717) is 59.4 Å². The number of aliphatic hydroxyl groups is 2. The van der Waals surface area contributed by atoms with Crippen molar-refractivity contribution in [3.8, 4) is 34.5 Å². The zero-order valence-corrected chi connectivity index (χ0v) is 39.4. The molecule has 1 fully saturated rings. The molecule has 0 saturated heterocycles. The Balaban J connectivity index is 1.41. The van der Waals surface area contributed by atoms with Gasteiger partial charge < -0.3 is 52.9 Å². The van der Waals surface area contributed by atoms with Crippen LogP contribution in [-0.4, -0.2) is 97.9 Å². The van der Waals surface area contributed by atoms with Gasteiger partial charge in [0.15, 0.2) is 11.5 Å². The maximum Gasteiger partial charge on any atom is 0.417 e. The van der Waals surface area contributed by atoms with Crippen molar-refractivity contribution in [1.82, 2.24) is 4.90 Å². The van der Waals surface area contributed by atoms with Crippen LogP contribution in [0.2, 0.25) is 0 Å². The highest BCUT2D eigenvalue weighted by Crippen LogP contribution is 2.62. The molecule has 6 atom stereocenters. The van der Waals surface area contributed by atoms with Gasteiger partial charge in [0.25, 0.3) is 0 Å². The van der Waals surface area contributed by atoms with E-state index in [2.05, 4.69) is 18.0 Å². The number of anilines is 1. The van der Waals surface area contributed by atoms with Crippen LogP contribution >= 0.6 is 0 Å². The van der Waals surface area contributed by atoms with Gasteiger partial charge in [-0.25, -0.2) is 9.59 Å². The molecule has 7 rings (SSSR count). The molecule has 67 heavy (non-hydrogen) atoms. The van der Waals surface area contributed by atoms with Gasteiger partial charge in [0, 0.05) is 43.7 Å². The molecular formula is C51H65N3O13. The molecule has 1 saturated carbocycles. The number of nitrogens with one attached hydrogen (secondary N) is 1. The second kappa shape index (κ2) is 21.8. The third-order valence-corrected chi connectivity index (χ3v) is 12.6. The van der Waals surface area contributed by atoms with Crippen LogP contribution in [0.5, 0.6) is 34.5 Å². The van der Waals surface area contributed by atoms with Crippen molar-refractivity contribution in [2.24, 2.45) is 22.9 Å². The first-order valence-electron chi connectivity index (χ1n) is 23.2. The number of amides is 2. The Hall–Kier alpha value is -5.97. The van der Waals surface area contributed by atoms with E-state index in [1.54, 1.807) is 55.3 Å². The molecule has 0 bridgehead atoms. The smallest absolute Gasteiger partial charge is 0.417 e. The topological polar surface area (TPSA) is 185 Å². The number of hydrogen-bond donors (Lipinski definition) is 3. The zero-order chi connectivity index (χ0) is 47.7. The Morgan fingerprint density at radius 1 is 0.940 bits per heavy atom. The van der Waals surface area contributed by atoms with E-state index in [-0.39, 0.29) is 69.7 Å². The number of carbonyl (C=O) groups excluding carboxylic acids is 2. The maximum atomic E-state index is 14.6. The second-order valence-corrected chi connectivity index (χ2v) is 18.1. The van der Waals surface area contributed by atoms with E-state index in [1.807, 2.05) is 45.0 Å². The van der Waals surface area contributed by atoms with Gasteiger partial charge in [0.1, 0.15) is 34.6 Å². The average molecular weight is 928 g/mol. The molecule has 4 aliphatic rings. The number of allylic oxidation sites excluding steroid dienone is 1. The number of oxime groups is 1. The molecule has 362 valence electrons. The van der Waals surface area contributed by atoms with Gasteiger partial charge >= 0.3 is 12.2 Å². The highest BCUT2D eigenvalue weighted by molar-refractivity contribution is 6.03. The number of ether oxygens (including phenoxy) is 8. The normalized spacial score (nSPS) is 22.9. The van der Waals surface area contributed by atoms with Crippen molar-refractivity contribution in [2.45, 2.75) is 103 Å². The van der Waals surface area contributed by atoms with E-state index >= 15 is 0 Å². The Kier molecular flexibility index (Phi) is 15.9. The molecule has 2 aliphatic heterocycles. The molecule has 16 nitrogen and oxygen atoms in total. The minimum absolute atomic E-state index is 0.0221. The first kappa shape index (κ1) is 48.9. The molecular weight excluding hydrogens is 863 g/mol. The predicted octanol–water partition coefficient (Wildman–Crippen LogP) is 9.13. The van der Waals surface area contributed by atoms with Crippen LogP contribution < -0.4 is 33.7 Å². The first-order valence-corrected chi connectivity index (χ1v) is 23.2. The quantitative estimate of drug-likeness (QED) is 0.0554. The summed E-state index contributed by atoms with van der Waals surface area (Å²) in [6.07, 6.45) is 6.94. The number of methoxy groups -OCH3 is 2. The summed E-state index contributed by atoms with van der Waals surface area (Å²) in [6.45, 7) is 12.0. The lowest BCUT2D eigenvalue weighted by atomic mass is 9.55. The summed E-state index contributed by atoms with van der Waals surface area (Å²) in [5, 5.41) is 27.7. The average Bonchev–Trinajstić information content (AvgIpc) is 3.79. The number of fused-ring (bicyclic) bond motifs is 3. The Labute approximate surface area is 392 Å². The maximum absolute atomic E-state index is 14.6. The summed E-state index contributed by atoms with van der Waals surface area (Å²) in [4.78, 5) is 36.1. The van der Waals surface area contributed by atoms with Crippen molar-refractivity contribution < 1.29 is 62.5 Å². The molecule has 0 unspecified atom stereocenters. The molecule has 0 radical (unpaired) electrons. The van der Waals surface area contributed by atoms with Crippen molar-refractivity contribution in [3.63, 3.8) is 0 Å². The molecule has 2 aliphatic carbocycles. The minimum atomic E-state index is -1.56. The van der Waals surface area contributed by atoms with Gasteiger partial charge in [0.2, 0.25) is 12.6 Å². The van der Waals surface area contributed by atoms with Gasteiger partial charge in [-0.3, -0.25) is 10.2 Å². The fourth-order valence-corrected chi connectivity index (χ4v) is 9.79. The number of unbranched alkanes of at least 4 members (excludes halogenated alkanes) is 2. The third kappa shape index (κ3) is 10.9. The van der Waals surface area contributed by atoms with Gasteiger partial charge in [-0.05, 0) is 119 Å². The van der Waals surface area contributed by atoms with E-state index in [0.717, 1.165) is 36.0 Å². The van der Waals surface area contributed by atoms with Crippen LogP contribution in [0.15, 0.2) is 84.1 Å². The molecule has 0 aromatic heterocycles. The fourth-order valence-electron chi connectivity index (χ4n) is 9.79. The van der Waals surface area contributed by atoms with Crippen LogP contribution in [0, 0.1) is 17.8 Å². The van der Waals surface area contributed by atoms with Crippen LogP contribution in [-0.2, 0) is 20.9 Å². The lowest BCUT2D eigenvalue weighted by Gasteiger charge is -2.60. The summed E-state index contributed by atoms with van der Waals surface area (Å²) >= 11 is 0. The summed E-state index contributed by atoms with van der Waals surface area (Å²) in [5.41, 5.74) is 2.74. The Morgan fingerprint density at radius 3 is 2.40 bits per heavy atom. The molecule has 3 aromatic rings. The van der Waals surface area contributed by atoms with E-state index in [9.17, 15) is 19.8 Å². The van der Waals surface area contributed by atoms with Crippen LogP contribution in [0.25, 0.3) is 0 Å². The molecule has 0 spiro atoms. The number of aliphatic hydroxyl groups excluding tert-OH is 2. The van der Waals surface area contributed by atoms with Crippen molar-refractivity contribution in [1.29, 1.82) is 0 Å². The van der Waals surface area contributed by atoms with Gasteiger partial charge in [0.05, 0.1) is 44.8 Å². The summed E-state index contributed by atoms with van der Waals surface area (Å²) in [5.74, 6) is 0.229. The number of rotatable bonds is 20. The summed E-state index contributed by atoms with van der Waals surface area (Å²) in [6, 6.07) is 15.0. The van der Waals surface area contributed by atoms with Crippen molar-refractivity contribution >= 4 is 23.6 Å². The van der Waals surface area contributed by atoms with Crippen molar-refractivity contribution in [2.75, 3.05) is 52.8 Å². The number of benzene rings is 3. The number of carbonyl (C=O) groups is 2. The third-order valence-electron chi connectivity index (χ3n) is 12.6.